The zero-order valence-electron chi connectivity index (χ0n) is 5.98. The summed E-state index contributed by atoms with van der Waals surface area (Å²) in [5.74, 6) is 0. The van der Waals surface area contributed by atoms with Crippen molar-refractivity contribution < 1.29 is 18.0 Å². The highest BCUT2D eigenvalue weighted by Gasteiger charge is 2.36. The first-order valence-corrected chi connectivity index (χ1v) is 4.27. The molecule has 0 fully saturated rings. The Labute approximate surface area is 80.3 Å². The molecule has 0 aliphatic carbocycles. The maximum Gasteiger partial charge on any atom is 0.427 e. The summed E-state index contributed by atoms with van der Waals surface area (Å²) in [6.07, 6.45) is -4.33. The number of hydrogen-bond acceptors (Lipinski definition) is 2. The maximum absolute atomic E-state index is 12.2. The van der Waals surface area contributed by atoms with E-state index in [1.807, 2.05) is 5.32 Å². The lowest BCUT2D eigenvalue weighted by atomic mass is 10.4. The lowest BCUT2D eigenvalue weighted by Crippen LogP contribution is -2.06. The summed E-state index contributed by atoms with van der Waals surface area (Å²) < 4.78 is 36.5. The smallest absolute Gasteiger partial charge is 0.326 e. The standard InChI is InChI=1S/C6H3ClF3NOS/c7-3-1-13-5(6(8,9)10)4(3)11-2-12/h1-2H,(H,11,12). The number of alkyl halides is 3. The van der Waals surface area contributed by atoms with Crippen molar-refractivity contribution in [1.29, 1.82) is 0 Å². The third-order valence-electron chi connectivity index (χ3n) is 1.21. The van der Waals surface area contributed by atoms with E-state index in [-0.39, 0.29) is 17.1 Å². The summed E-state index contributed by atoms with van der Waals surface area (Å²) in [4.78, 5) is 9.07. The predicted molar refractivity (Wildman–Crippen MR) is 44.0 cm³/mol. The minimum atomic E-state index is -4.48. The Bertz CT molecular complexity index is 322. The second-order valence-corrected chi connectivity index (χ2v) is 3.33. The van der Waals surface area contributed by atoms with Gasteiger partial charge in [0.15, 0.2) is 0 Å². The number of halogens is 4. The van der Waals surface area contributed by atoms with Crippen LogP contribution in [-0.4, -0.2) is 6.41 Å². The van der Waals surface area contributed by atoms with Crippen molar-refractivity contribution in [2.75, 3.05) is 5.32 Å². The summed E-state index contributed by atoms with van der Waals surface area (Å²) >= 11 is 5.86. The highest BCUT2D eigenvalue weighted by atomic mass is 35.5. The van der Waals surface area contributed by atoms with Crippen LogP contribution in [0.1, 0.15) is 4.88 Å². The van der Waals surface area contributed by atoms with Crippen LogP contribution in [0.25, 0.3) is 0 Å². The summed E-state index contributed by atoms with van der Waals surface area (Å²) in [6, 6.07) is 0. The molecule has 13 heavy (non-hydrogen) atoms. The predicted octanol–water partition coefficient (Wildman–Crippen LogP) is 2.99. The molecule has 1 aromatic rings. The Morgan fingerprint density at radius 2 is 2.15 bits per heavy atom. The van der Waals surface area contributed by atoms with Gasteiger partial charge in [-0.15, -0.1) is 11.3 Å². The molecular formula is C6H3ClF3NOS. The van der Waals surface area contributed by atoms with E-state index in [1.165, 1.54) is 0 Å². The summed E-state index contributed by atoms with van der Waals surface area (Å²) in [5.41, 5.74) is -0.380. The third-order valence-corrected chi connectivity index (χ3v) is 2.66. The van der Waals surface area contributed by atoms with Gasteiger partial charge in [0.2, 0.25) is 6.41 Å². The van der Waals surface area contributed by atoms with Gasteiger partial charge in [-0.05, 0) is 0 Å². The van der Waals surface area contributed by atoms with Crippen LogP contribution in [0.2, 0.25) is 5.02 Å². The number of rotatable bonds is 2. The van der Waals surface area contributed by atoms with Gasteiger partial charge in [-0.25, -0.2) is 0 Å². The molecule has 0 saturated heterocycles. The van der Waals surface area contributed by atoms with Crippen LogP contribution in [0.15, 0.2) is 5.38 Å². The van der Waals surface area contributed by atoms with Gasteiger partial charge >= 0.3 is 6.18 Å². The van der Waals surface area contributed by atoms with Crippen molar-refractivity contribution in [3.8, 4) is 0 Å². The van der Waals surface area contributed by atoms with Crippen molar-refractivity contribution >= 4 is 35.0 Å². The fraction of sp³-hybridized carbons (Fsp3) is 0.167. The number of carbonyl (C=O) groups excluding carboxylic acids is 1. The number of nitrogens with one attached hydrogen (secondary N) is 1. The van der Waals surface area contributed by atoms with E-state index in [4.69, 9.17) is 11.6 Å². The van der Waals surface area contributed by atoms with Crippen LogP contribution in [0.3, 0.4) is 0 Å². The molecule has 0 saturated carbocycles. The molecule has 0 aliphatic heterocycles. The van der Waals surface area contributed by atoms with Gasteiger partial charge in [0.05, 0.1) is 10.7 Å². The van der Waals surface area contributed by atoms with Gasteiger partial charge in [-0.3, -0.25) is 4.79 Å². The normalized spacial score (nSPS) is 11.4. The Morgan fingerprint density at radius 3 is 2.62 bits per heavy atom. The van der Waals surface area contributed by atoms with Gasteiger partial charge in [0.25, 0.3) is 0 Å². The number of thiophene rings is 1. The number of anilines is 1. The monoisotopic (exact) mass is 229 g/mol. The third kappa shape index (κ3) is 2.13. The minimum Gasteiger partial charge on any atom is -0.326 e. The van der Waals surface area contributed by atoms with E-state index in [0.717, 1.165) is 5.38 Å². The first kappa shape index (κ1) is 10.3. The largest absolute Gasteiger partial charge is 0.427 e. The van der Waals surface area contributed by atoms with Gasteiger partial charge in [-0.2, -0.15) is 13.2 Å². The lowest BCUT2D eigenvalue weighted by molar-refractivity contribution is -0.133. The fourth-order valence-electron chi connectivity index (χ4n) is 0.739. The van der Waals surface area contributed by atoms with Crippen molar-refractivity contribution in [3.05, 3.63) is 15.3 Å². The summed E-state index contributed by atoms with van der Waals surface area (Å²) in [6.45, 7) is 0. The lowest BCUT2D eigenvalue weighted by Gasteiger charge is -2.06. The molecular weight excluding hydrogens is 227 g/mol. The number of hydrogen-bond donors (Lipinski definition) is 1. The molecule has 72 valence electrons. The van der Waals surface area contributed by atoms with Gasteiger partial charge in [-0.1, -0.05) is 11.6 Å². The minimum absolute atomic E-state index is 0.107. The van der Waals surface area contributed by atoms with Crippen LogP contribution in [0, 0.1) is 0 Å². The zero-order chi connectivity index (χ0) is 10.1. The molecule has 0 spiro atoms. The molecule has 7 heteroatoms. The molecule has 0 atom stereocenters. The Balaban J connectivity index is 3.14. The quantitative estimate of drug-likeness (QED) is 0.776. The Hall–Kier alpha value is -0.750. The topological polar surface area (TPSA) is 29.1 Å². The van der Waals surface area contributed by atoms with Crippen molar-refractivity contribution in [2.24, 2.45) is 0 Å². The van der Waals surface area contributed by atoms with Crippen LogP contribution < -0.4 is 5.32 Å². The molecule has 1 rings (SSSR count). The van der Waals surface area contributed by atoms with Crippen LogP contribution in [-0.2, 0) is 11.0 Å². The Kier molecular flexibility index (Phi) is 2.82. The molecule has 0 aromatic carbocycles. The molecule has 1 heterocycles. The van der Waals surface area contributed by atoms with E-state index >= 15 is 0 Å². The molecule has 0 unspecified atom stereocenters. The Morgan fingerprint density at radius 1 is 1.54 bits per heavy atom. The van der Waals surface area contributed by atoms with Gasteiger partial charge < -0.3 is 5.32 Å². The molecule has 0 aliphatic rings. The average molecular weight is 230 g/mol. The fourth-order valence-corrected chi connectivity index (χ4v) is 1.84. The van der Waals surface area contributed by atoms with E-state index < -0.39 is 11.1 Å². The second-order valence-electron chi connectivity index (χ2n) is 2.05. The van der Waals surface area contributed by atoms with E-state index in [9.17, 15) is 18.0 Å². The van der Waals surface area contributed by atoms with E-state index in [2.05, 4.69) is 0 Å². The van der Waals surface area contributed by atoms with Gasteiger partial charge in [0, 0.05) is 5.38 Å². The molecule has 2 nitrogen and oxygen atoms in total. The number of carbonyl (C=O) groups is 1. The van der Waals surface area contributed by atoms with Crippen molar-refractivity contribution in [1.82, 2.24) is 0 Å². The molecule has 0 bridgehead atoms. The molecule has 1 amide bonds. The van der Waals surface area contributed by atoms with Crippen LogP contribution >= 0.6 is 22.9 Å². The summed E-state index contributed by atoms with van der Waals surface area (Å²) in [7, 11) is 0. The van der Waals surface area contributed by atoms with E-state index in [1.54, 1.807) is 0 Å². The van der Waals surface area contributed by atoms with Crippen LogP contribution in [0.5, 0.6) is 0 Å². The van der Waals surface area contributed by atoms with E-state index in [0.29, 0.717) is 11.3 Å². The first-order chi connectivity index (χ1) is 5.96. The number of amides is 1. The zero-order valence-corrected chi connectivity index (χ0v) is 7.56. The maximum atomic E-state index is 12.2. The second kappa shape index (κ2) is 3.55. The van der Waals surface area contributed by atoms with Crippen molar-refractivity contribution in [3.63, 3.8) is 0 Å². The SMILES string of the molecule is O=CNc1c(Cl)csc1C(F)(F)F. The van der Waals surface area contributed by atoms with Crippen LogP contribution in [0.4, 0.5) is 18.9 Å². The highest BCUT2D eigenvalue weighted by molar-refractivity contribution is 7.11. The first-order valence-electron chi connectivity index (χ1n) is 3.01. The highest BCUT2D eigenvalue weighted by Crippen LogP contribution is 2.42. The van der Waals surface area contributed by atoms with Crippen molar-refractivity contribution in [2.45, 2.75) is 6.18 Å². The average Bonchev–Trinajstić information content (AvgIpc) is 2.32. The molecule has 1 aromatic heterocycles. The molecule has 1 N–H and O–H groups in total. The van der Waals surface area contributed by atoms with Gasteiger partial charge in [0.1, 0.15) is 4.88 Å². The summed E-state index contributed by atoms with van der Waals surface area (Å²) in [5, 5.41) is 2.92. The molecule has 0 radical (unpaired) electrons.